The molecule has 4 fully saturated rings. The van der Waals surface area contributed by atoms with E-state index in [9.17, 15) is 19.1 Å². The van der Waals surface area contributed by atoms with E-state index in [2.05, 4.69) is 10.6 Å². The minimum absolute atomic E-state index is 0.0652. The topological polar surface area (TPSA) is 96.9 Å². The minimum atomic E-state index is -0.547. The molecule has 4 aliphatic carbocycles. The van der Waals surface area contributed by atoms with E-state index >= 15 is 0 Å². The summed E-state index contributed by atoms with van der Waals surface area (Å²) in [5.41, 5.74) is 1.11. The van der Waals surface area contributed by atoms with Crippen molar-refractivity contribution in [2.24, 2.45) is 5.41 Å². The van der Waals surface area contributed by atoms with Crippen LogP contribution in [-0.4, -0.2) is 47.2 Å². The summed E-state index contributed by atoms with van der Waals surface area (Å²) in [6.07, 6.45) is 3.82. The molecule has 3 N–H and O–H groups in total. The molecule has 1 aliphatic heterocycles. The first-order valence-corrected chi connectivity index (χ1v) is 13.6. The van der Waals surface area contributed by atoms with Gasteiger partial charge in [0.25, 0.3) is 5.91 Å². The molecule has 0 aromatic heterocycles. The number of aryl methyl sites for hydroxylation is 1. The van der Waals surface area contributed by atoms with Crippen LogP contribution in [0.5, 0.6) is 11.5 Å². The maximum Gasteiger partial charge on any atom is 0.258 e. The largest absolute Gasteiger partial charge is 0.484 e. The number of rotatable bonds is 9. The minimum Gasteiger partial charge on any atom is -0.484 e. The maximum absolute atomic E-state index is 13.7. The second-order valence-electron chi connectivity index (χ2n) is 11.8. The van der Waals surface area contributed by atoms with Crippen molar-refractivity contribution in [2.45, 2.75) is 81.7 Å². The van der Waals surface area contributed by atoms with Crippen molar-refractivity contribution in [2.75, 3.05) is 6.61 Å². The molecule has 38 heavy (non-hydrogen) atoms. The lowest BCUT2D eigenvalue weighted by Gasteiger charge is -2.70. The van der Waals surface area contributed by atoms with Crippen LogP contribution in [0.4, 0.5) is 4.39 Å². The molecule has 5 aliphatic rings. The van der Waals surface area contributed by atoms with Gasteiger partial charge in [-0.3, -0.25) is 9.59 Å². The molecule has 2 atom stereocenters. The lowest BCUT2D eigenvalue weighted by Crippen LogP contribution is -2.75. The first-order valence-electron chi connectivity index (χ1n) is 13.2. The number of hydrogen-bond acceptors (Lipinski definition) is 6. The zero-order chi connectivity index (χ0) is 26.7. The van der Waals surface area contributed by atoms with Crippen molar-refractivity contribution < 1.29 is 28.6 Å². The predicted octanol–water partition coefficient (Wildman–Crippen LogP) is 4.17. The van der Waals surface area contributed by atoms with Crippen molar-refractivity contribution in [1.29, 1.82) is 0 Å². The number of carbonyl (C=O) groups is 2. The van der Waals surface area contributed by atoms with E-state index in [4.69, 9.17) is 21.1 Å². The van der Waals surface area contributed by atoms with Crippen LogP contribution in [0.25, 0.3) is 0 Å². The number of amides is 1. The Hall–Kier alpha value is -2.68. The van der Waals surface area contributed by atoms with E-state index in [1.165, 1.54) is 6.07 Å². The van der Waals surface area contributed by atoms with E-state index in [0.29, 0.717) is 47.8 Å². The van der Waals surface area contributed by atoms with Gasteiger partial charge in [0.2, 0.25) is 0 Å². The number of Topliss-reactive ketones (excluding diaryl/α,β-unsaturated/α-hetero) is 1. The molecule has 2 aromatic carbocycles. The molecule has 7 nitrogen and oxygen atoms in total. The Bertz CT molecular complexity index is 1260. The summed E-state index contributed by atoms with van der Waals surface area (Å²) < 4.78 is 25.3. The number of nitrogens with one attached hydrogen (secondary N) is 2. The van der Waals surface area contributed by atoms with Gasteiger partial charge in [0.05, 0.1) is 6.10 Å². The molecule has 7 rings (SSSR count). The van der Waals surface area contributed by atoms with Gasteiger partial charge in [-0.05, 0) is 74.3 Å². The van der Waals surface area contributed by atoms with Crippen molar-refractivity contribution >= 4 is 23.3 Å². The average Bonchev–Trinajstić information content (AvgIpc) is 2.81. The average molecular weight is 543 g/mol. The van der Waals surface area contributed by atoms with Crippen molar-refractivity contribution in [3.63, 3.8) is 0 Å². The Morgan fingerprint density at radius 3 is 2.63 bits per heavy atom. The third-order valence-electron chi connectivity index (χ3n) is 8.58. The van der Waals surface area contributed by atoms with Gasteiger partial charge in [-0.25, -0.2) is 4.39 Å². The molecule has 0 radical (unpaired) electrons. The molecular formula is C29H32ClFN2O5. The number of fused-ring (bicyclic) bond motifs is 1. The molecule has 1 heterocycles. The summed E-state index contributed by atoms with van der Waals surface area (Å²) in [5, 5.41) is 16.9. The molecule has 4 saturated carbocycles. The highest BCUT2D eigenvalue weighted by Crippen LogP contribution is 2.69. The van der Waals surface area contributed by atoms with Gasteiger partial charge in [0, 0.05) is 47.1 Å². The van der Waals surface area contributed by atoms with Crippen molar-refractivity contribution in [1.82, 2.24) is 10.6 Å². The van der Waals surface area contributed by atoms with Crippen LogP contribution in [0.15, 0.2) is 36.4 Å². The Kier molecular flexibility index (Phi) is 6.40. The maximum atomic E-state index is 13.7. The second kappa shape index (κ2) is 9.50. The lowest BCUT2D eigenvalue weighted by molar-refractivity contribution is -0.175. The molecule has 202 valence electrons. The SMILES string of the molecule is Cc1ccc(OCC(=O)NC23CC(CC(=O)[C@H]4C[C@@H](NC5CC(O)C5)c5cc(Cl)ccc5O4)(C2)C3)cc1F. The number of benzene rings is 2. The molecule has 0 spiro atoms. The summed E-state index contributed by atoms with van der Waals surface area (Å²) in [7, 11) is 0. The summed E-state index contributed by atoms with van der Waals surface area (Å²) in [6, 6.07) is 10.2. The third kappa shape index (κ3) is 4.90. The number of aliphatic hydroxyl groups is 1. The van der Waals surface area contributed by atoms with E-state index in [-0.39, 0.29) is 53.3 Å². The highest BCUT2D eigenvalue weighted by Gasteiger charge is 2.68. The molecule has 2 aromatic rings. The Balaban J connectivity index is 1.01. The number of carbonyl (C=O) groups excluding carboxylic acids is 2. The van der Waals surface area contributed by atoms with E-state index in [1.54, 1.807) is 25.1 Å². The van der Waals surface area contributed by atoms with Crippen LogP contribution in [0.2, 0.25) is 5.02 Å². The summed E-state index contributed by atoms with van der Waals surface area (Å²) in [6.45, 7) is 1.49. The Morgan fingerprint density at radius 1 is 1.16 bits per heavy atom. The summed E-state index contributed by atoms with van der Waals surface area (Å²) >= 11 is 6.24. The zero-order valence-corrected chi connectivity index (χ0v) is 22.0. The summed E-state index contributed by atoms with van der Waals surface area (Å²) in [5.74, 6) is 0.459. The number of ketones is 1. The van der Waals surface area contributed by atoms with Crippen LogP contribution in [0, 0.1) is 18.2 Å². The van der Waals surface area contributed by atoms with E-state index in [0.717, 1.165) is 24.8 Å². The zero-order valence-electron chi connectivity index (χ0n) is 21.3. The summed E-state index contributed by atoms with van der Waals surface area (Å²) in [4.78, 5) is 25.8. The van der Waals surface area contributed by atoms with Crippen LogP contribution in [-0.2, 0) is 9.59 Å². The molecule has 0 unspecified atom stereocenters. The van der Waals surface area contributed by atoms with Crippen molar-refractivity contribution in [3.8, 4) is 11.5 Å². The highest BCUT2D eigenvalue weighted by molar-refractivity contribution is 6.30. The fraction of sp³-hybridized carbons (Fsp3) is 0.517. The molecule has 1 amide bonds. The lowest BCUT2D eigenvalue weighted by atomic mass is 9.38. The van der Waals surface area contributed by atoms with Gasteiger partial charge in [0.15, 0.2) is 18.5 Å². The molecule has 0 saturated heterocycles. The standard InChI is InChI=1S/C29H32ClFN2O5/c1-16-2-4-20(9-22(16)31)37-12-27(36)33-29-13-28(14-29,15-29)11-24(35)26-10-23(32-18-7-19(34)8-18)21-6-17(30)3-5-25(21)38-26/h2-6,9,18-19,23,26,32,34H,7-8,10-15H2,1H3,(H,33,36)/t18?,19?,23-,26-,28?,29?/m1/s1. The van der Waals surface area contributed by atoms with Crippen LogP contribution in [0.1, 0.15) is 62.1 Å². The quantitative estimate of drug-likeness (QED) is 0.440. The Morgan fingerprint density at radius 2 is 1.92 bits per heavy atom. The first kappa shape index (κ1) is 25.6. The van der Waals surface area contributed by atoms with Gasteiger partial charge in [-0.2, -0.15) is 0 Å². The predicted molar refractivity (Wildman–Crippen MR) is 139 cm³/mol. The van der Waals surface area contributed by atoms with Gasteiger partial charge in [-0.1, -0.05) is 17.7 Å². The molecule has 2 bridgehead atoms. The van der Waals surface area contributed by atoms with Gasteiger partial charge < -0.3 is 25.2 Å². The van der Waals surface area contributed by atoms with Crippen LogP contribution >= 0.6 is 11.6 Å². The fourth-order valence-electron chi connectivity index (χ4n) is 6.75. The van der Waals surface area contributed by atoms with Crippen molar-refractivity contribution in [3.05, 3.63) is 58.4 Å². The normalized spacial score (nSPS) is 32.5. The second-order valence-corrected chi connectivity index (χ2v) is 12.2. The number of ether oxygens (including phenoxy) is 2. The Labute approximate surface area is 226 Å². The molecule has 9 heteroatoms. The molecular weight excluding hydrogens is 511 g/mol. The number of hydrogen-bond donors (Lipinski definition) is 3. The fourth-order valence-corrected chi connectivity index (χ4v) is 6.93. The smallest absolute Gasteiger partial charge is 0.258 e. The van der Waals surface area contributed by atoms with Gasteiger partial charge in [0.1, 0.15) is 17.3 Å². The van der Waals surface area contributed by atoms with E-state index in [1.807, 2.05) is 12.1 Å². The third-order valence-corrected chi connectivity index (χ3v) is 8.82. The van der Waals surface area contributed by atoms with Gasteiger partial charge in [-0.15, -0.1) is 0 Å². The number of aliphatic hydroxyl groups excluding tert-OH is 1. The van der Waals surface area contributed by atoms with Crippen LogP contribution in [0.3, 0.4) is 0 Å². The highest BCUT2D eigenvalue weighted by atomic mass is 35.5. The first-order chi connectivity index (χ1) is 18.1. The van der Waals surface area contributed by atoms with Gasteiger partial charge >= 0.3 is 0 Å². The van der Waals surface area contributed by atoms with E-state index < -0.39 is 6.10 Å². The van der Waals surface area contributed by atoms with Crippen LogP contribution < -0.4 is 20.1 Å². The number of halogens is 2. The monoisotopic (exact) mass is 542 g/mol.